The van der Waals surface area contributed by atoms with Crippen molar-refractivity contribution in [3.05, 3.63) is 0 Å². The van der Waals surface area contributed by atoms with Crippen molar-refractivity contribution in [1.29, 1.82) is 0 Å². The van der Waals surface area contributed by atoms with E-state index in [1.54, 1.807) is 0 Å². The molecule has 1 aliphatic heterocycles. The van der Waals surface area contributed by atoms with E-state index in [0.29, 0.717) is 0 Å². The van der Waals surface area contributed by atoms with Gasteiger partial charge in [-0.1, -0.05) is 20.8 Å². The van der Waals surface area contributed by atoms with E-state index in [-0.39, 0.29) is 5.41 Å². The lowest BCUT2D eigenvalue weighted by Gasteiger charge is -2.26. The lowest BCUT2D eigenvalue weighted by molar-refractivity contribution is -0.284. The molecule has 1 aliphatic rings. The maximum atomic E-state index is 4.99. The van der Waals surface area contributed by atoms with E-state index in [4.69, 9.17) is 4.89 Å². The molecule has 0 fully saturated rings. The average Bonchev–Trinajstić information content (AvgIpc) is 2.09. The molecule has 2 heteroatoms. The summed E-state index contributed by atoms with van der Waals surface area (Å²) in [5.41, 5.74) is -0.185. The Morgan fingerprint density at radius 3 is 2.36 bits per heavy atom. The van der Waals surface area contributed by atoms with Gasteiger partial charge in [-0.05, 0) is 24.7 Å². The van der Waals surface area contributed by atoms with Crippen LogP contribution in [-0.2, 0) is 9.78 Å². The molecule has 0 N–H and O–H groups in total. The molecule has 0 aliphatic carbocycles. The lowest BCUT2D eigenvalue weighted by Crippen LogP contribution is -2.29. The van der Waals surface area contributed by atoms with Crippen molar-refractivity contribution in [1.82, 2.24) is 0 Å². The Balaban J connectivity index is 2.57. The molecule has 0 bridgehead atoms. The molecule has 0 saturated carbocycles. The second-order valence-corrected chi connectivity index (χ2v) is 4.36. The molecule has 62 valence electrons. The molecule has 1 unspecified atom stereocenters. The number of hydrogen-bond acceptors (Lipinski definition) is 2. The van der Waals surface area contributed by atoms with Crippen molar-refractivity contribution in [3.63, 3.8) is 0 Å². The van der Waals surface area contributed by atoms with Gasteiger partial charge < -0.3 is 0 Å². The van der Waals surface area contributed by atoms with Gasteiger partial charge >= 0.3 is 0 Å². The van der Waals surface area contributed by atoms with Crippen molar-refractivity contribution >= 4 is 0 Å². The van der Waals surface area contributed by atoms with E-state index in [1.165, 1.54) is 0 Å². The SMILES string of the molecule is CC(C)(C)CC1(C)C#COO1. The summed E-state index contributed by atoms with van der Waals surface area (Å²) in [7, 11) is 0. The minimum atomic E-state index is -0.405. The van der Waals surface area contributed by atoms with Crippen LogP contribution in [0.3, 0.4) is 0 Å². The zero-order chi connectivity index (χ0) is 8.54. The third kappa shape index (κ3) is 2.44. The largest absolute Gasteiger partial charge is 0.281 e. The first-order valence-electron chi connectivity index (χ1n) is 3.78. The van der Waals surface area contributed by atoms with Gasteiger partial charge in [0.1, 0.15) is 0 Å². The summed E-state index contributed by atoms with van der Waals surface area (Å²) < 4.78 is 0. The Morgan fingerprint density at radius 2 is 2.00 bits per heavy atom. The van der Waals surface area contributed by atoms with Crippen LogP contribution in [0.5, 0.6) is 0 Å². The molecule has 1 heterocycles. The van der Waals surface area contributed by atoms with Crippen LogP contribution in [0.4, 0.5) is 0 Å². The van der Waals surface area contributed by atoms with Crippen LogP contribution in [0.2, 0.25) is 0 Å². The highest BCUT2D eigenvalue weighted by atomic mass is 17.2. The van der Waals surface area contributed by atoms with E-state index in [0.717, 1.165) is 6.42 Å². The summed E-state index contributed by atoms with van der Waals surface area (Å²) in [4.78, 5) is 9.54. The van der Waals surface area contributed by atoms with E-state index >= 15 is 0 Å². The van der Waals surface area contributed by atoms with Crippen molar-refractivity contribution in [2.45, 2.75) is 39.7 Å². The molecule has 2 nitrogen and oxygen atoms in total. The normalized spacial score (nSPS) is 29.1. The first-order valence-corrected chi connectivity index (χ1v) is 3.78. The Hall–Kier alpha value is -0.680. The number of hydrogen-bond donors (Lipinski definition) is 0. The predicted molar refractivity (Wildman–Crippen MR) is 42.4 cm³/mol. The molecule has 1 rings (SSSR count). The third-order valence-corrected chi connectivity index (χ3v) is 1.45. The van der Waals surface area contributed by atoms with Crippen LogP contribution in [0, 0.1) is 17.4 Å². The molecule has 0 aromatic carbocycles. The van der Waals surface area contributed by atoms with Crippen LogP contribution in [0.1, 0.15) is 34.1 Å². The molecule has 11 heavy (non-hydrogen) atoms. The van der Waals surface area contributed by atoms with Crippen LogP contribution >= 0.6 is 0 Å². The van der Waals surface area contributed by atoms with E-state index < -0.39 is 5.60 Å². The monoisotopic (exact) mass is 154 g/mol. The molecule has 0 saturated heterocycles. The van der Waals surface area contributed by atoms with E-state index in [9.17, 15) is 0 Å². The third-order valence-electron chi connectivity index (χ3n) is 1.45. The predicted octanol–water partition coefficient (Wildman–Crippen LogP) is 2.10. The molecular formula is C9H14O2. The van der Waals surface area contributed by atoms with Gasteiger partial charge in [0.05, 0.1) is 0 Å². The summed E-state index contributed by atoms with van der Waals surface area (Å²) in [6.07, 6.45) is 3.35. The Kier molecular flexibility index (Phi) is 1.85. The van der Waals surface area contributed by atoms with Crippen LogP contribution in [0.15, 0.2) is 0 Å². The van der Waals surface area contributed by atoms with Gasteiger partial charge in [0.15, 0.2) is 11.7 Å². The fraction of sp³-hybridized carbons (Fsp3) is 0.778. The standard InChI is InChI=1S/C9H14O2/c1-8(2,3)7-9(4)5-6-10-11-9/h7H2,1-4H3. The van der Waals surface area contributed by atoms with Gasteiger partial charge in [-0.2, -0.15) is 4.89 Å². The molecule has 1 atom stereocenters. The van der Waals surface area contributed by atoms with Crippen molar-refractivity contribution in [2.24, 2.45) is 5.41 Å². The van der Waals surface area contributed by atoms with Crippen molar-refractivity contribution in [3.8, 4) is 12.0 Å². The molecule has 0 aromatic rings. The maximum Gasteiger partial charge on any atom is 0.177 e. The summed E-state index contributed by atoms with van der Waals surface area (Å²) in [6, 6.07) is 0. The van der Waals surface area contributed by atoms with Gasteiger partial charge in [0.25, 0.3) is 0 Å². The molecule has 0 radical (unpaired) electrons. The molecular weight excluding hydrogens is 140 g/mol. The summed E-state index contributed by atoms with van der Waals surface area (Å²) in [5.74, 6) is 2.90. The van der Waals surface area contributed by atoms with Crippen LogP contribution in [-0.4, -0.2) is 5.60 Å². The molecule has 0 amide bonds. The first-order chi connectivity index (χ1) is 4.91. The minimum absolute atomic E-state index is 0.219. The summed E-state index contributed by atoms with van der Waals surface area (Å²) >= 11 is 0. The molecule has 0 spiro atoms. The van der Waals surface area contributed by atoms with Crippen molar-refractivity contribution in [2.75, 3.05) is 0 Å². The van der Waals surface area contributed by atoms with Gasteiger partial charge in [0, 0.05) is 0 Å². The summed E-state index contributed by atoms with van der Waals surface area (Å²) in [6.45, 7) is 8.41. The highest BCUT2D eigenvalue weighted by molar-refractivity contribution is 5.12. The second-order valence-electron chi connectivity index (χ2n) is 4.36. The molecule has 0 aromatic heterocycles. The first kappa shape index (κ1) is 8.42. The van der Waals surface area contributed by atoms with Crippen molar-refractivity contribution < 1.29 is 9.78 Å². The zero-order valence-corrected chi connectivity index (χ0v) is 7.52. The minimum Gasteiger partial charge on any atom is -0.281 e. The quantitative estimate of drug-likeness (QED) is 0.425. The Bertz CT molecular complexity index is 204. The van der Waals surface area contributed by atoms with Crippen LogP contribution in [0.25, 0.3) is 0 Å². The highest BCUT2D eigenvalue weighted by Gasteiger charge is 2.33. The topological polar surface area (TPSA) is 18.5 Å². The van der Waals surface area contributed by atoms with Gasteiger partial charge in [-0.25, -0.2) is 0 Å². The second kappa shape index (κ2) is 2.42. The average molecular weight is 154 g/mol. The Labute approximate surface area is 67.8 Å². The van der Waals surface area contributed by atoms with Gasteiger partial charge in [-0.15, -0.1) is 0 Å². The van der Waals surface area contributed by atoms with Gasteiger partial charge in [0.2, 0.25) is 0 Å². The summed E-state index contributed by atoms with van der Waals surface area (Å²) in [5, 5.41) is 0. The zero-order valence-electron chi connectivity index (χ0n) is 7.52. The fourth-order valence-electron chi connectivity index (χ4n) is 1.35. The van der Waals surface area contributed by atoms with E-state index in [1.807, 2.05) is 6.92 Å². The number of rotatable bonds is 1. The lowest BCUT2D eigenvalue weighted by atomic mass is 9.83. The smallest absolute Gasteiger partial charge is 0.177 e. The Morgan fingerprint density at radius 1 is 1.36 bits per heavy atom. The maximum absolute atomic E-state index is 4.99. The fourth-order valence-corrected chi connectivity index (χ4v) is 1.35. The van der Waals surface area contributed by atoms with E-state index in [2.05, 4.69) is 37.7 Å². The highest BCUT2D eigenvalue weighted by Crippen LogP contribution is 2.30. The van der Waals surface area contributed by atoms with Crippen LogP contribution < -0.4 is 0 Å². The van der Waals surface area contributed by atoms with Gasteiger partial charge in [-0.3, -0.25) is 4.89 Å².